The summed E-state index contributed by atoms with van der Waals surface area (Å²) in [6.07, 6.45) is 2.63. The number of fused-ring (bicyclic) bond motifs is 1. The van der Waals surface area contributed by atoms with Gasteiger partial charge in [0.25, 0.3) is 0 Å². The normalized spacial score (nSPS) is 11.4. The third kappa shape index (κ3) is 4.40. The summed E-state index contributed by atoms with van der Waals surface area (Å²) in [6, 6.07) is 4.89. The molecule has 0 aliphatic carbocycles. The van der Waals surface area contributed by atoms with Gasteiger partial charge in [-0.25, -0.2) is 14.8 Å². The molecule has 0 spiro atoms. The number of rotatable bonds is 3. The fraction of sp³-hybridized carbons (Fsp3) is 0.294. The van der Waals surface area contributed by atoms with Gasteiger partial charge in [-0.05, 0) is 20.8 Å². The van der Waals surface area contributed by atoms with Gasteiger partial charge < -0.3 is 9.47 Å². The van der Waals surface area contributed by atoms with Crippen LogP contribution in [0.2, 0.25) is 5.15 Å². The Balaban J connectivity index is 1.80. The number of hydrogen-bond donors (Lipinski definition) is 1. The molecule has 0 unspecified atom stereocenters. The fourth-order valence-electron chi connectivity index (χ4n) is 2.20. The van der Waals surface area contributed by atoms with Gasteiger partial charge in [0.05, 0.1) is 17.9 Å². The molecule has 1 amide bonds. The van der Waals surface area contributed by atoms with Gasteiger partial charge in [0.1, 0.15) is 33.6 Å². The first-order valence-corrected chi connectivity index (χ1v) is 8.21. The van der Waals surface area contributed by atoms with Crippen LogP contribution in [0.5, 0.6) is 11.5 Å². The quantitative estimate of drug-likeness (QED) is 0.691. The topological polar surface area (TPSA) is 91.2 Å². The lowest BCUT2D eigenvalue weighted by Gasteiger charge is -2.19. The van der Waals surface area contributed by atoms with Crippen molar-refractivity contribution >= 4 is 34.5 Å². The number of anilines is 1. The zero-order valence-electron chi connectivity index (χ0n) is 14.8. The van der Waals surface area contributed by atoms with Crippen LogP contribution < -0.4 is 10.1 Å². The molecule has 3 aromatic rings. The molecule has 136 valence electrons. The minimum atomic E-state index is -0.629. The molecule has 0 bridgehead atoms. The van der Waals surface area contributed by atoms with Crippen LogP contribution in [0.25, 0.3) is 11.0 Å². The Kier molecular flexibility index (Phi) is 4.69. The zero-order chi connectivity index (χ0) is 18.9. The standard InChI is InChI=1S/C17H18ClN5O3/c1-17(2,3)26-16(24)22-15-7-10(6-14(18)21-15)25-11-5-13-12(19-8-11)9-20-23(13)4/h5-9H,1-4H3,(H,21,22,24). The number of hydrogen-bond acceptors (Lipinski definition) is 6. The van der Waals surface area contributed by atoms with Crippen LogP contribution in [-0.2, 0) is 11.8 Å². The van der Waals surface area contributed by atoms with Crippen molar-refractivity contribution in [3.05, 3.63) is 35.7 Å². The van der Waals surface area contributed by atoms with Crippen LogP contribution in [0.4, 0.5) is 10.6 Å². The van der Waals surface area contributed by atoms with Crippen LogP contribution in [0, 0.1) is 0 Å². The molecule has 26 heavy (non-hydrogen) atoms. The molecule has 1 N–H and O–H groups in total. The van der Waals surface area contributed by atoms with Crippen LogP contribution in [0.15, 0.2) is 30.6 Å². The highest BCUT2D eigenvalue weighted by molar-refractivity contribution is 6.29. The monoisotopic (exact) mass is 375 g/mol. The number of carbonyl (C=O) groups is 1. The molecule has 0 atom stereocenters. The van der Waals surface area contributed by atoms with E-state index in [0.717, 1.165) is 11.0 Å². The summed E-state index contributed by atoms with van der Waals surface area (Å²) in [5.74, 6) is 1.13. The van der Waals surface area contributed by atoms with Gasteiger partial charge in [-0.2, -0.15) is 5.10 Å². The van der Waals surface area contributed by atoms with Gasteiger partial charge in [-0.3, -0.25) is 10.00 Å². The molecule has 0 aliphatic rings. The highest BCUT2D eigenvalue weighted by atomic mass is 35.5. The van der Waals surface area contributed by atoms with Crippen molar-refractivity contribution < 1.29 is 14.3 Å². The van der Waals surface area contributed by atoms with Crippen molar-refractivity contribution in [2.45, 2.75) is 26.4 Å². The molecule has 3 heterocycles. The summed E-state index contributed by atoms with van der Waals surface area (Å²) in [5, 5.41) is 6.84. The average Bonchev–Trinajstić information content (AvgIpc) is 2.85. The van der Waals surface area contributed by atoms with Crippen molar-refractivity contribution in [2.24, 2.45) is 7.05 Å². The summed E-state index contributed by atoms with van der Waals surface area (Å²) in [6.45, 7) is 5.32. The maximum atomic E-state index is 11.9. The van der Waals surface area contributed by atoms with Gasteiger partial charge in [0.2, 0.25) is 0 Å². The lowest BCUT2D eigenvalue weighted by molar-refractivity contribution is 0.0635. The van der Waals surface area contributed by atoms with Gasteiger partial charge >= 0.3 is 6.09 Å². The van der Waals surface area contributed by atoms with E-state index in [2.05, 4.69) is 20.4 Å². The van der Waals surface area contributed by atoms with Gasteiger partial charge in [-0.15, -0.1) is 0 Å². The van der Waals surface area contributed by atoms with Crippen molar-refractivity contribution in [3.8, 4) is 11.5 Å². The van der Waals surface area contributed by atoms with Crippen LogP contribution in [0.1, 0.15) is 20.8 Å². The molecule has 9 heteroatoms. The van der Waals surface area contributed by atoms with Crippen molar-refractivity contribution in [1.29, 1.82) is 0 Å². The van der Waals surface area contributed by atoms with Crippen molar-refractivity contribution in [1.82, 2.24) is 19.7 Å². The fourth-order valence-corrected chi connectivity index (χ4v) is 2.40. The maximum Gasteiger partial charge on any atom is 0.413 e. The second kappa shape index (κ2) is 6.80. The third-order valence-corrected chi connectivity index (χ3v) is 3.40. The number of aryl methyl sites for hydroxylation is 1. The summed E-state index contributed by atoms with van der Waals surface area (Å²) < 4.78 is 12.7. The lowest BCUT2D eigenvalue weighted by atomic mass is 10.2. The molecule has 0 aromatic carbocycles. The molecule has 3 rings (SSSR count). The number of nitrogens with zero attached hydrogens (tertiary/aromatic N) is 4. The molecule has 0 saturated carbocycles. The second-order valence-electron chi connectivity index (χ2n) is 6.58. The Bertz CT molecular complexity index is 965. The Morgan fingerprint density at radius 2 is 1.96 bits per heavy atom. The minimum Gasteiger partial charge on any atom is -0.455 e. The predicted octanol–water partition coefficient (Wildman–Crippen LogP) is 4.16. The highest BCUT2D eigenvalue weighted by Gasteiger charge is 2.17. The number of pyridine rings is 2. The van der Waals surface area contributed by atoms with Crippen molar-refractivity contribution in [2.75, 3.05) is 5.32 Å². The highest BCUT2D eigenvalue weighted by Crippen LogP contribution is 2.27. The van der Waals surface area contributed by atoms with Gasteiger partial charge in [-0.1, -0.05) is 11.6 Å². The zero-order valence-corrected chi connectivity index (χ0v) is 15.5. The number of ether oxygens (including phenoxy) is 2. The van der Waals surface area contributed by atoms with E-state index in [-0.39, 0.29) is 11.0 Å². The Morgan fingerprint density at radius 1 is 1.19 bits per heavy atom. The molecule has 0 saturated heterocycles. The predicted molar refractivity (Wildman–Crippen MR) is 97.7 cm³/mol. The molecule has 0 aliphatic heterocycles. The molecule has 0 fully saturated rings. The van der Waals surface area contributed by atoms with E-state index in [1.54, 1.807) is 43.9 Å². The number of aromatic nitrogens is 4. The summed E-state index contributed by atoms with van der Waals surface area (Å²) in [7, 11) is 1.82. The Hall–Kier alpha value is -2.87. The summed E-state index contributed by atoms with van der Waals surface area (Å²) in [4.78, 5) is 20.2. The van der Waals surface area contributed by atoms with Gasteiger partial charge in [0, 0.05) is 25.2 Å². The largest absolute Gasteiger partial charge is 0.455 e. The number of carbonyl (C=O) groups excluding carboxylic acids is 1. The molecular formula is C17H18ClN5O3. The first-order valence-electron chi connectivity index (χ1n) is 7.83. The Labute approximate surface area is 155 Å². The first-order chi connectivity index (χ1) is 12.2. The van der Waals surface area contributed by atoms with E-state index in [9.17, 15) is 4.79 Å². The molecule has 3 aromatic heterocycles. The first kappa shape index (κ1) is 17.9. The van der Waals surface area contributed by atoms with Crippen molar-refractivity contribution in [3.63, 3.8) is 0 Å². The molecular weight excluding hydrogens is 358 g/mol. The lowest BCUT2D eigenvalue weighted by Crippen LogP contribution is -2.27. The number of amides is 1. The number of halogens is 1. The van der Waals surface area contributed by atoms with Crippen LogP contribution in [0.3, 0.4) is 0 Å². The Morgan fingerprint density at radius 3 is 2.69 bits per heavy atom. The van der Waals surface area contributed by atoms with Crippen LogP contribution >= 0.6 is 11.6 Å². The number of nitrogens with one attached hydrogen (secondary N) is 1. The summed E-state index contributed by atoms with van der Waals surface area (Å²) in [5.41, 5.74) is 0.973. The van der Waals surface area contributed by atoms with E-state index in [1.165, 1.54) is 6.07 Å². The SMILES string of the molecule is Cn1ncc2ncc(Oc3cc(Cl)nc(NC(=O)OC(C)(C)C)c3)cc21. The molecule has 8 nitrogen and oxygen atoms in total. The third-order valence-electron chi connectivity index (χ3n) is 3.21. The van der Waals surface area contributed by atoms with E-state index in [0.29, 0.717) is 11.5 Å². The van der Waals surface area contributed by atoms with E-state index < -0.39 is 11.7 Å². The average molecular weight is 376 g/mol. The van der Waals surface area contributed by atoms with E-state index >= 15 is 0 Å². The minimum absolute atomic E-state index is 0.170. The molecule has 0 radical (unpaired) electrons. The second-order valence-corrected chi connectivity index (χ2v) is 6.97. The van der Waals surface area contributed by atoms with Crippen LogP contribution in [-0.4, -0.2) is 31.4 Å². The van der Waals surface area contributed by atoms with E-state index in [1.807, 2.05) is 13.1 Å². The van der Waals surface area contributed by atoms with E-state index in [4.69, 9.17) is 21.1 Å². The maximum absolute atomic E-state index is 11.9. The summed E-state index contributed by atoms with van der Waals surface area (Å²) >= 11 is 6.02. The smallest absolute Gasteiger partial charge is 0.413 e. The van der Waals surface area contributed by atoms with Gasteiger partial charge in [0.15, 0.2) is 0 Å².